The molecule has 0 saturated heterocycles. The predicted octanol–water partition coefficient (Wildman–Crippen LogP) is 5.44. The largest absolute Gasteiger partial charge is 0.497 e. The maximum atomic E-state index is 13.9. The van der Waals surface area contributed by atoms with Crippen LogP contribution in [0.15, 0.2) is 69.9 Å². The fourth-order valence-electron chi connectivity index (χ4n) is 3.65. The lowest BCUT2D eigenvalue weighted by atomic mass is 10.0. The van der Waals surface area contributed by atoms with Crippen molar-refractivity contribution in [3.63, 3.8) is 0 Å². The Balaban J connectivity index is 1.54. The molecular weight excluding hydrogens is 469 g/mol. The van der Waals surface area contributed by atoms with Gasteiger partial charge in [-0.3, -0.25) is 4.79 Å². The van der Waals surface area contributed by atoms with Gasteiger partial charge in [0.2, 0.25) is 18.0 Å². The summed E-state index contributed by atoms with van der Waals surface area (Å²) in [6.45, 7) is 0.0254. The van der Waals surface area contributed by atoms with Crippen molar-refractivity contribution in [2.45, 2.75) is 6.18 Å². The molecule has 0 N–H and O–H groups in total. The van der Waals surface area contributed by atoms with Crippen LogP contribution < -0.4 is 24.4 Å². The second kappa shape index (κ2) is 8.39. The molecule has 0 spiro atoms. The Bertz CT molecular complexity index is 1510. The molecule has 2 heterocycles. The van der Waals surface area contributed by atoms with Crippen LogP contribution in [0.4, 0.5) is 13.2 Å². The van der Waals surface area contributed by atoms with Gasteiger partial charge in [-0.15, -0.1) is 0 Å². The first-order valence-corrected chi connectivity index (χ1v) is 10.2. The number of benzene rings is 3. The molecule has 0 radical (unpaired) electrons. The quantitative estimate of drug-likeness (QED) is 0.282. The van der Waals surface area contributed by atoms with Crippen LogP contribution in [0.1, 0.15) is 16.1 Å². The van der Waals surface area contributed by atoms with E-state index >= 15 is 0 Å². The maximum Gasteiger partial charge on any atom is 0.450 e. The minimum atomic E-state index is -4.96. The highest BCUT2D eigenvalue weighted by molar-refractivity contribution is 5.92. The highest BCUT2D eigenvalue weighted by Gasteiger charge is 2.39. The van der Waals surface area contributed by atoms with Crippen molar-refractivity contribution in [2.24, 2.45) is 0 Å². The molecule has 178 valence electrons. The Morgan fingerprint density at radius 3 is 2.34 bits per heavy atom. The lowest BCUT2D eigenvalue weighted by Gasteiger charge is -2.13. The predicted molar refractivity (Wildman–Crippen MR) is 117 cm³/mol. The van der Waals surface area contributed by atoms with Crippen LogP contribution >= 0.6 is 0 Å². The number of hydrogen-bond donors (Lipinski definition) is 0. The zero-order chi connectivity index (χ0) is 24.7. The number of hydrogen-bond acceptors (Lipinski definition) is 7. The lowest BCUT2D eigenvalue weighted by Crippen LogP contribution is -2.16. The van der Waals surface area contributed by atoms with Crippen molar-refractivity contribution in [3.05, 3.63) is 82.2 Å². The summed E-state index contributed by atoms with van der Waals surface area (Å²) >= 11 is 0. The van der Waals surface area contributed by atoms with E-state index in [0.29, 0.717) is 17.2 Å². The minimum Gasteiger partial charge on any atom is -0.497 e. The molecule has 0 unspecified atom stereocenters. The molecule has 7 nitrogen and oxygen atoms in total. The summed E-state index contributed by atoms with van der Waals surface area (Å²) in [6, 6.07) is 13.6. The Hall–Kier alpha value is -4.47. The summed E-state index contributed by atoms with van der Waals surface area (Å²) in [6.07, 6.45) is -4.96. The monoisotopic (exact) mass is 484 g/mol. The van der Waals surface area contributed by atoms with Gasteiger partial charge in [-0.25, -0.2) is 4.79 Å². The number of fused-ring (bicyclic) bond motifs is 2. The number of rotatable bonds is 4. The van der Waals surface area contributed by atoms with E-state index in [1.165, 1.54) is 61.7 Å². The van der Waals surface area contributed by atoms with E-state index in [1.54, 1.807) is 0 Å². The van der Waals surface area contributed by atoms with E-state index < -0.39 is 28.9 Å². The molecule has 5 rings (SSSR count). The summed E-state index contributed by atoms with van der Waals surface area (Å²) in [5, 5.41) is -0.105. The first kappa shape index (κ1) is 22.3. The lowest BCUT2D eigenvalue weighted by molar-refractivity contribution is -0.152. The Labute approximate surface area is 195 Å². The standard InChI is InChI=1S/C25H15F3O7/c1-31-15-5-2-13(3-6-15)21-22(29)17-8-7-16(11-19(17)35-23(21)25(26,27)28)34-24(30)14-4-9-18-20(10-14)33-12-32-18/h2-11H,12H2,1H3. The number of ether oxygens (including phenoxy) is 4. The van der Waals surface area contributed by atoms with Crippen molar-refractivity contribution in [2.75, 3.05) is 13.9 Å². The van der Waals surface area contributed by atoms with Crippen LogP contribution in [-0.2, 0) is 6.18 Å². The fourth-order valence-corrected chi connectivity index (χ4v) is 3.65. The van der Waals surface area contributed by atoms with Gasteiger partial charge >= 0.3 is 12.1 Å². The van der Waals surface area contributed by atoms with Gasteiger partial charge in [0, 0.05) is 6.07 Å². The molecule has 1 aliphatic rings. The fraction of sp³-hybridized carbons (Fsp3) is 0.120. The molecule has 0 amide bonds. The smallest absolute Gasteiger partial charge is 0.450 e. The number of esters is 1. The number of carbonyl (C=O) groups excluding carboxylic acids is 1. The van der Waals surface area contributed by atoms with Gasteiger partial charge in [-0.2, -0.15) is 13.2 Å². The minimum absolute atomic E-state index is 0.0205. The molecule has 0 saturated carbocycles. The highest BCUT2D eigenvalue weighted by Crippen LogP contribution is 2.38. The van der Waals surface area contributed by atoms with Crippen molar-refractivity contribution in [1.82, 2.24) is 0 Å². The van der Waals surface area contributed by atoms with Crippen LogP contribution in [0.2, 0.25) is 0 Å². The SMILES string of the molecule is COc1ccc(-c2c(C(F)(F)F)oc3cc(OC(=O)c4ccc5c(c4)OCO5)ccc3c2=O)cc1. The van der Waals surface area contributed by atoms with Crippen molar-refractivity contribution in [3.8, 4) is 34.1 Å². The molecule has 4 aromatic rings. The summed E-state index contributed by atoms with van der Waals surface area (Å²) in [5.74, 6) is -1.09. The number of halogens is 3. The zero-order valence-corrected chi connectivity index (χ0v) is 18.0. The molecule has 1 aliphatic heterocycles. The second-order valence-corrected chi connectivity index (χ2v) is 7.48. The van der Waals surface area contributed by atoms with E-state index in [4.69, 9.17) is 23.4 Å². The van der Waals surface area contributed by atoms with Crippen LogP contribution in [0, 0.1) is 0 Å². The second-order valence-electron chi connectivity index (χ2n) is 7.48. The summed E-state index contributed by atoms with van der Waals surface area (Å²) in [4.78, 5) is 25.6. The van der Waals surface area contributed by atoms with Crippen molar-refractivity contribution in [1.29, 1.82) is 0 Å². The summed E-state index contributed by atoms with van der Waals surface area (Å²) in [7, 11) is 1.41. The third kappa shape index (κ3) is 4.14. The average molecular weight is 484 g/mol. The molecule has 3 aromatic carbocycles. The number of alkyl halides is 3. The normalized spacial score (nSPS) is 12.6. The van der Waals surface area contributed by atoms with E-state index in [-0.39, 0.29) is 34.6 Å². The number of carbonyl (C=O) groups is 1. The van der Waals surface area contributed by atoms with E-state index in [2.05, 4.69) is 0 Å². The van der Waals surface area contributed by atoms with Gasteiger partial charge in [0.15, 0.2) is 11.5 Å². The van der Waals surface area contributed by atoms with Crippen LogP contribution in [0.25, 0.3) is 22.1 Å². The third-order valence-electron chi connectivity index (χ3n) is 5.32. The maximum absolute atomic E-state index is 13.9. The van der Waals surface area contributed by atoms with Gasteiger partial charge in [-0.05, 0) is 48.0 Å². The average Bonchev–Trinajstić information content (AvgIpc) is 3.31. The molecule has 0 atom stereocenters. The zero-order valence-electron chi connectivity index (χ0n) is 18.0. The highest BCUT2D eigenvalue weighted by atomic mass is 19.4. The molecular formula is C25H15F3O7. The van der Waals surface area contributed by atoms with Crippen molar-refractivity contribution < 1.29 is 41.3 Å². The van der Waals surface area contributed by atoms with Crippen molar-refractivity contribution >= 4 is 16.9 Å². The van der Waals surface area contributed by atoms with Gasteiger partial charge in [0.1, 0.15) is 17.1 Å². The molecule has 10 heteroatoms. The van der Waals surface area contributed by atoms with Gasteiger partial charge in [0.05, 0.1) is 23.6 Å². The van der Waals surface area contributed by atoms with Gasteiger partial charge in [0.25, 0.3) is 0 Å². The molecule has 1 aromatic heterocycles. The molecule has 0 fully saturated rings. The van der Waals surface area contributed by atoms with Crippen LogP contribution in [-0.4, -0.2) is 19.9 Å². The number of methoxy groups -OCH3 is 1. The van der Waals surface area contributed by atoms with Crippen LogP contribution in [0.5, 0.6) is 23.0 Å². The topological polar surface area (TPSA) is 84.2 Å². The molecule has 0 aliphatic carbocycles. The molecule has 35 heavy (non-hydrogen) atoms. The Morgan fingerprint density at radius 2 is 1.63 bits per heavy atom. The third-order valence-corrected chi connectivity index (χ3v) is 5.32. The van der Waals surface area contributed by atoms with E-state index in [0.717, 1.165) is 6.07 Å². The van der Waals surface area contributed by atoms with Gasteiger partial charge in [-0.1, -0.05) is 12.1 Å². The Kier molecular flexibility index (Phi) is 5.35. The van der Waals surface area contributed by atoms with Crippen LogP contribution in [0.3, 0.4) is 0 Å². The first-order chi connectivity index (χ1) is 16.7. The van der Waals surface area contributed by atoms with E-state index in [1.807, 2.05) is 0 Å². The molecule has 0 bridgehead atoms. The summed E-state index contributed by atoms with van der Waals surface area (Å²) in [5.41, 5.74) is -1.72. The van der Waals surface area contributed by atoms with Gasteiger partial charge < -0.3 is 23.4 Å². The first-order valence-electron chi connectivity index (χ1n) is 10.2. The Morgan fingerprint density at radius 1 is 0.914 bits per heavy atom. The van der Waals surface area contributed by atoms with E-state index in [9.17, 15) is 22.8 Å². The summed E-state index contributed by atoms with van der Waals surface area (Å²) < 4.78 is 67.5.